The highest BCUT2D eigenvalue weighted by Crippen LogP contribution is 2.29. The molecule has 104 valence electrons. The number of halogens is 4. The van der Waals surface area contributed by atoms with Crippen LogP contribution in [-0.4, -0.2) is 17.8 Å². The second kappa shape index (κ2) is 5.35. The van der Waals surface area contributed by atoms with Gasteiger partial charge in [0.1, 0.15) is 11.8 Å². The number of alkyl halides is 3. The molecule has 1 aromatic carbocycles. The third kappa shape index (κ3) is 4.02. The number of imide groups is 1. The van der Waals surface area contributed by atoms with Crippen LogP contribution in [0.1, 0.15) is 5.56 Å². The molecule has 0 aliphatic heterocycles. The lowest BCUT2D eigenvalue weighted by atomic mass is 10.2. The topological polar surface area (TPSA) is 69.7 Å². The normalized spacial score (nSPS) is 11.0. The summed E-state index contributed by atoms with van der Waals surface area (Å²) in [6, 6.07) is 2.72. The van der Waals surface area contributed by atoms with Gasteiger partial charge in [0, 0.05) is 0 Å². The molecule has 5 nitrogen and oxygen atoms in total. The van der Waals surface area contributed by atoms with Gasteiger partial charge in [-0.2, -0.15) is 0 Å². The molecule has 0 saturated heterocycles. The van der Waals surface area contributed by atoms with E-state index in [2.05, 4.69) is 4.74 Å². The van der Waals surface area contributed by atoms with E-state index >= 15 is 0 Å². The Labute approximate surface area is 110 Å². The molecule has 0 atom stereocenters. The highest BCUT2D eigenvalue weighted by molar-refractivity contribution is 6.68. The molecule has 0 spiro atoms. The van der Waals surface area contributed by atoms with E-state index in [9.17, 15) is 27.9 Å². The molecule has 0 saturated carbocycles. The van der Waals surface area contributed by atoms with E-state index in [0.717, 1.165) is 18.2 Å². The van der Waals surface area contributed by atoms with Crippen molar-refractivity contribution in [1.82, 2.24) is 0 Å². The lowest BCUT2D eigenvalue weighted by Crippen LogP contribution is -2.43. The van der Waals surface area contributed by atoms with Crippen molar-refractivity contribution >= 4 is 28.7 Å². The van der Waals surface area contributed by atoms with Gasteiger partial charge in [0.25, 0.3) is 0 Å². The van der Waals surface area contributed by atoms with Gasteiger partial charge in [0.05, 0.1) is 5.69 Å². The minimum atomic E-state index is -4.87. The molecule has 0 aromatic heterocycles. The predicted octanol–water partition coefficient (Wildman–Crippen LogP) is 2.40. The maximum absolute atomic E-state index is 12.0. The first-order chi connectivity index (χ1) is 8.61. The summed E-state index contributed by atoms with van der Waals surface area (Å²) in [5, 5.41) is 9.35. The van der Waals surface area contributed by atoms with Crippen LogP contribution >= 0.6 is 11.6 Å². The highest BCUT2D eigenvalue weighted by atomic mass is 35.5. The van der Waals surface area contributed by atoms with Crippen molar-refractivity contribution in [2.45, 2.75) is 13.3 Å². The zero-order valence-corrected chi connectivity index (χ0v) is 10.1. The summed E-state index contributed by atoms with van der Waals surface area (Å²) in [5.41, 5.74) is -0.172. The van der Waals surface area contributed by atoms with Crippen LogP contribution in [-0.2, 0) is 0 Å². The molecule has 2 amide bonds. The van der Waals surface area contributed by atoms with Crippen molar-refractivity contribution in [3.63, 3.8) is 0 Å². The first kappa shape index (κ1) is 15.1. The predicted molar refractivity (Wildman–Crippen MR) is 57.0 cm³/mol. The first-order valence-corrected chi connectivity index (χ1v) is 5.06. The van der Waals surface area contributed by atoms with Crippen LogP contribution in [0.25, 0.3) is 0 Å². The zero-order chi connectivity index (χ0) is 14.8. The third-order valence-corrected chi connectivity index (χ3v) is 2.17. The van der Waals surface area contributed by atoms with Crippen LogP contribution in [0.3, 0.4) is 0 Å². The Balaban J connectivity index is 3.13. The molecule has 19 heavy (non-hydrogen) atoms. The Morgan fingerprint density at radius 3 is 2.32 bits per heavy atom. The van der Waals surface area contributed by atoms with E-state index in [-0.39, 0.29) is 16.2 Å². The fourth-order valence-electron chi connectivity index (χ4n) is 1.34. The van der Waals surface area contributed by atoms with E-state index in [4.69, 9.17) is 11.6 Å². The minimum absolute atomic E-state index is 0.0416. The number of amides is 2. The van der Waals surface area contributed by atoms with Crippen molar-refractivity contribution in [2.75, 3.05) is 4.90 Å². The van der Waals surface area contributed by atoms with E-state index in [1.807, 2.05) is 0 Å². The van der Waals surface area contributed by atoms with Crippen molar-refractivity contribution in [1.29, 1.82) is 0 Å². The SMILES string of the molecule is Cc1cc(OC(F)(F)F)ccc1N(C(=O)[O-])C(=O)Cl. The average molecular weight is 297 g/mol. The molecule has 0 N–H and O–H groups in total. The van der Waals surface area contributed by atoms with Gasteiger partial charge in [-0.05, 0) is 42.3 Å². The Morgan fingerprint density at radius 2 is 1.95 bits per heavy atom. The largest absolute Gasteiger partial charge is 0.573 e. The summed E-state index contributed by atoms with van der Waals surface area (Å²) in [5.74, 6) is -0.547. The lowest BCUT2D eigenvalue weighted by molar-refractivity contribution is -0.274. The Bertz CT molecular complexity index is 504. The summed E-state index contributed by atoms with van der Waals surface area (Å²) in [7, 11) is 0. The number of carboxylic acid groups (broad SMARTS) is 1. The summed E-state index contributed by atoms with van der Waals surface area (Å²) in [4.78, 5) is 21.7. The average Bonchev–Trinajstić information content (AvgIpc) is 2.18. The van der Waals surface area contributed by atoms with Crippen LogP contribution < -0.4 is 14.7 Å². The smallest absolute Gasteiger partial charge is 0.529 e. The van der Waals surface area contributed by atoms with Gasteiger partial charge in [0.2, 0.25) is 0 Å². The van der Waals surface area contributed by atoms with E-state index < -0.39 is 23.6 Å². The quantitative estimate of drug-likeness (QED) is 0.621. The Morgan fingerprint density at radius 1 is 1.37 bits per heavy atom. The molecular weight excluding hydrogens is 291 g/mol. The molecule has 0 heterocycles. The van der Waals surface area contributed by atoms with Crippen molar-refractivity contribution < 1.29 is 32.6 Å². The number of ether oxygens (including phenoxy) is 1. The Hall–Kier alpha value is -1.96. The van der Waals surface area contributed by atoms with Crippen LogP contribution in [0.2, 0.25) is 0 Å². The monoisotopic (exact) mass is 296 g/mol. The lowest BCUT2D eigenvalue weighted by Gasteiger charge is -2.22. The van der Waals surface area contributed by atoms with Gasteiger partial charge >= 0.3 is 11.7 Å². The first-order valence-electron chi connectivity index (χ1n) is 4.69. The van der Waals surface area contributed by atoms with Crippen molar-refractivity contribution in [3.8, 4) is 5.75 Å². The molecule has 1 aromatic rings. The van der Waals surface area contributed by atoms with Gasteiger partial charge < -0.3 is 14.6 Å². The van der Waals surface area contributed by atoms with E-state index in [0.29, 0.717) is 0 Å². The van der Waals surface area contributed by atoms with Crippen LogP contribution in [0.4, 0.5) is 28.4 Å². The number of carbonyl (C=O) groups is 2. The van der Waals surface area contributed by atoms with Gasteiger partial charge in [-0.25, -0.2) is 0 Å². The maximum Gasteiger partial charge on any atom is 0.573 e. The van der Waals surface area contributed by atoms with Gasteiger partial charge in [0.15, 0.2) is 0 Å². The zero-order valence-electron chi connectivity index (χ0n) is 9.32. The van der Waals surface area contributed by atoms with Crippen molar-refractivity contribution in [2.24, 2.45) is 0 Å². The molecule has 0 aliphatic carbocycles. The standard InChI is InChI=1S/C10H7ClF3NO4/c1-5-4-6(19-10(12,13)14)2-3-7(5)15(8(11)16)9(17)18/h2-4H,1H3,(H,17,18)/p-1. The second-order valence-corrected chi connectivity index (χ2v) is 3.67. The molecule has 0 unspecified atom stereocenters. The fraction of sp³-hybridized carbons (Fsp3) is 0.200. The summed E-state index contributed by atoms with van der Waals surface area (Å²) < 4.78 is 39.6. The molecule has 0 aliphatic rings. The van der Waals surface area contributed by atoms with Gasteiger partial charge in [-0.1, -0.05) is 0 Å². The summed E-state index contributed by atoms with van der Waals surface area (Å²) >= 11 is 5.05. The summed E-state index contributed by atoms with van der Waals surface area (Å²) in [6.45, 7) is 1.29. The number of hydrogen-bond donors (Lipinski definition) is 0. The molecule has 0 radical (unpaired) electrons. The number of benzene rings is 1. The second-order valence-electron chi connectivity index (χ2n) is 3.35. The van der Waals surface area contributed by atoms with Crippen LogP contribution in [0, 0.1) is 6.92 Å². The highest BCUT2D eigenvalue weighted by Gasteiger charge is 2.31. The minimum Gasteiger partial charge on any atom is -0.529 e. The molecule has 0 fully saturated rings. The van der Waals surface area contributed by atoms with Gasteiger partial charge in [-0.3, -0.25) is 9.69 Å². The number of nitrogens with zero attached hydrogens (tertiary/aromatic N) is 1. The number of hydrogen-bond acceptors (Lipinski definition) is 4. The fourth-order valence-corrected chi connectivity index (χ4v) is 1.50. The molecule has 1 rings (SSSR count). The van der Waals surface area contributed by atoms with Crippen molar-refractivity contribution in [3.05, 3.63) is 23.8 Å². The maximum atomic E-state index is 12.0. The molecule has 0 bridgehead atoms. The molecule has 9 heteroatoms. The number of anilines is 1. The third-order valence-electron chi connectivity index (χ3n) is 2.00. The number of aryl methyl sites for hydroxylation is 1. The summed E-state index contributed by atoms with van der Waals surface area (Å²) in [6.07, 6.45) is -6.77. The van der Waals surface area contributed by atoms with Crippen LogP contribution in [0.5, 0.6) is 5.75 Å². The Kier molecular flexibility index (Phi) is 4.25. The van der Waals surface area contributed by atoms with E-state index in [1.165, 1.54) is 6.92 Å². The van der Waals surface area contributed by atoms with E-state index in [1.54, 1.807) is 0 Å². The number of carbonyl (C=O) groups excluding carboxylic acids is 2. The number of rotatable bonds is 2. The van der Waals surface area contributed by atoms with Crippen LogP contribution in [0.15, 0.2) is 18.2 Å². The molecular formula is C10H6ClF3NO4-. The van der Waals surface area contributed by atoms with Gasteiger partial charge in [-0.15, -0.1) is 13.2 Å².